The Labute approximate surface area is 127 Å². The third-order valence-corrected chi connectivity index (χ3v) is 3.70. The van der Waals surface area contributed by atoms with Crippen molar-refractivity contribution in [1.29, 1.82) is 0 Å². The number of halogens is 5. The van der Waals surface area contributed by atoms with Gasteiger partial charge < -0.3 is 5.11 Å². The maximum Gasteiger partial charge on any atom is 0.142 e. The van der Waals surface area contributed by atoms with Crippen molar-refractivity contribution in [3.05, 3.63) is 68.4 Å². The average molecular weight is 366 g/mol. The maximum absolute atomic E-state index is 13.7. The van der Waals surface area contributed by atoms with Gasteiger partial charge in [0.2, 0.25) is 0 Å². The maximum atomic E-state index is 13.7. The second-order valence-corrected chi connectivity index (χ2v) is 5.51. The van der Waals surface area contributed by atoms with E-state index < -0.39 is 29.1 Å². The first-order valence-corrected chi connectivity index (χ1v) is 6.82. The summed E-state index contributed by atoms with van der Waals surface area (Å²) >= 11 is 8.70. The molecule has 0 aliphatic heterocycles. The summed E-state index contributed by atoms with van der Waals surface area (Å²) in [6.45, 7) is 0. The first-order valence-electron chi connectivity index (χ1n) is 5.65. The molecule has 20 heavy (non-hydrogen) atoms. The van der Waals surface area contributed by atoms with Crippen LogP contribution in [0.25, 0.3) is 0 Å². The van der Waals surface area contributed by atoms with Crippen molar-refractivity contribution in [3.8, 4) is 0 Å². The van der Waals surface area contributed by atoms with Gasteiger partial charge in [0.25, 0.3) is 0 Å². The molecule has 6 heteroatoms. The average Bonchev–Trinajstić information content (AvgIpc) is 2.33. The van der Waals surface area contributed by atoms with Crippen molar-refractivity contribution >= 4 is 27.5 Å². The van der Waals surface area contributed by atoms with Gasteiger partial charge in [-0.15, -0.1) is 0 Å². The van der Waals surface area contributed by atoms with Crippen LogP contribution < -0.4 is 0 Å². The zero-order valence-electron chi connectivity index (χ0n) is 10.0. The van der Waals surface area contributed by atoms with Crippen LogP contribution in [0.5, 0.6) is 0 Å². The molecule has 106 valence electrons. The molecule has 2 aromatic carbocycles. The van der Waals surface area contributed by atoms with Crippen LogP contribution in [0.4, 0.5) is 13.2 Å². The van der Waals surface area contributed by atoms with Crippen LogP contribution in [0.1, 0.15) is 17.2 Å². The van der Waals surface area contributed by atoms with Crippen molar-refractivity contribution in [2.45, 2.75) is 12.5 Å². The van der Waals surface area contributed by atoms with E-state index in [9.17, 15) is 18.3 Å². The SMILES string of the molecule is OC(Cc1cccc(F)c1Cl)c1c(F)cc(Br)cc1F. The highest BCUT2D eigenvalue weighted by molar-refractivity contribution is 9.10. The molecule has 0 radical (unpaired) electrons. The molecular weight excluding hydrogens is 357 g/mol. The number of hydrogen-bond acceptors (Lipinski definition) is 1. The zero-order valence-corrected chi connectivity index (χ0v) is 12.4. The van der Waals surface area contributed by atoms with Crippen molar-refractivity contribution in [2.24, 2.45) is 0 Å². The second kappa shape index (κ2) is 6.16. The summed E-state index contributed by atoms with van der Waals surface area (Å²) in [7, 11) is 0. The molecule has 1 unspecified atom stereocenters. The van der Waals surface area contributed by atoms with Gasteiger partial charge in [0, 0.05) is 10.9 Å². The van der Waals surface area contributed by atoms with E-state index in [2.05, 4.69) is 15.9 Å². The molecule has 0 aliphatic rings. The van der Waals surface area contributed by atoms with E-state index in [4.69, 9.17) is 11.6 Å². The molecule has 0 saturated heterocycles. The fourth-order valence-electron chi connectivity index (χ4n) is 1.89. The fourth-order valence-corrected chi connectivity index (χ4v) is 2.49. The molecule has 2 aromatic rings. The number of aliphatic hydroxyl groups excluding tert-OH is 1. The van der Waals surface area contributed by atoms with E-state index in [0.717, 1.165) is 12.1 Å². The summed E-state index contributed by atoms with van der Waals surface area (Å²) in [6, 6.07) is 6.17. The molecule has 2 rings (SSSR count). The molecule has 1 N–H and O–H groups in total. The fraction of sp³-hybridized carbons (Fsp3) is 0.143. The molecule has 1 nitrogen and oxygen atoms in total. The standard InChI is InChI=1S/C14H9BrClF3O/c15-8-5-10(18)13(11(19)6-8)12(20)4-7-2-1-3-9(17)14(7)16/h1-3,5-6,12,20H,4H2. The lowest BCUT2D eigenvalue weighted by Crippen LogP contribution is -2.08. The molecule has 0 bridgehead atoms. The smallest absolute Gasteiger partial charge is 0.142 e. The minimum atomic E-state index is -1.46. The Bertz CT molecular complexity index is 625. The van der Waals surface area contributed by atoms with Crippen molar-refractivity contribution < 1.29 is 18.3 Å². The van der Waals surface area contributed by atoms with Crippen LogP contribution in [0.3, 0.4) is 0 Å². The number of aliphatic hydroxyl groups is 1. The third-order valence-electron chi connectivity index (χ3n) is 2.82. The molecule has 0 aliphatic carbocycles. The largest absolute Gasteiger partial charge is 0.388 e. The molecule has 0 amide bonds. The van der Waals surface area contributed by atoms with Gasteiger partial charge in [0.1, 0.15) is 17.5 Å². The van der Waals surface area contributed by atoms with Crippen LogP contribution in [0.2, 0.25) is 5.02 Å². The van der Waals surface area contributed by atoms with E-state index in [0.29, 0.717) is 0 Å². The normalized spacial score (nSPS) is 12.5. The first kappa shape index (κ1) is 15.4. The Morgan fingerprint density at radius 2 is 1.70 bits per heavy atom. The molecule has 0 heterocycles. The van der Waals surface area contributed by atoms with Crippen LogP contribution in [0.15, 0.2) is 34.8 Å². The molecule has 0 aromatic heterocycles. The summed E-state index contributed by atoms with van der Waals surface area (Å²) in [5.41, 5.74) is -0.186. The van der Waals surface area contributed by atoms with E-state index in [1.807, 2.05) is 0 Å². The number of benzene rings is 2. The highest BCUT2D eigenvalue weighted by Gasteiger charge is 2.20. The van der Waals surface area contributed by atoms with Gasteiger partial charge in [0.15, 0.2) is 0 Å². The number of rotatable bonds is 3. The van der Waals surface area contributed by atoms with Gasteiger partial charge in [-0.05, 0) is 23.8 Å². The van der Waals surface area contributed by atoms with Gasteiger partial charge in [0.05, 0.1) is 16.7 Å². The lowest BCUT2D eigenvalue weighted by molar-refractivity contribution is 0.168. The van der Waals surface area contributed by atoms with E-state index >= 15 is 0 Å². The molecule has 0 saturated carbocycles. The Morgan fingerprint density at radius 1 is 1.10 bits per heavy atom. The zero-order chi connectivity index (χ0) is 14.9. The van der Waals surface area contributed by atoms with Crippen LogP contribution >= 0.6 is 27.5 Å². The van der Waals surface area contributed by atoms with Crippen LogP contribution in [0, 0.1) is 17.5 Å². The Kier molecular flexibility index (Phi) is 4.73. The van der Waals surface area contributed by atoms with E-state index in [1.54, 1.807) is 0 Å². The van der Waals surface area contributed by atoms with Crippen molar-refractivity contribution in [3.63, 3.8) is 0 Å². The van der Waals surface area contributed by atoms with Crippen LogP contribution in [-0.2, 0) is 6.42 Å². The van der Waals surface area contributed by atoms with E-state index in [1.165, 1.54) is 18.2 Å². The highest BCUT2D eigenvalue weighted by atomic mass is 79.9. The summed E-state index contributed by atoms with van der Waals surface area (Å²) < 4.78 is 40.9. The minimum Gasteiger partial charge on any atom is -0.388 e. The first-order chi connectivity index (χ1) is 9.40. The Balaban J connectivity index is 2.33. The highest BCUT2D eigenvalue weighted by Crippen LogP contribution is 2.29. The van der Waals surface area contributed by atoms with Crippen molar-refractivity contribution in [1.82, 2.24) is 0 Å². The Morgan fingerprint density at radius 3 is 2.30 bits per heavy atom. The summed E-state index contributed by atoms with van der Waals surface area (Å²) in [5, 5.41) is 9.80. The predicted molar refractivity (Wildman–Crippen MR) is 74.1 cm³/mol. The number of hydrogen-bond donors (Lipinski definition) is 1. The molecule has 1 atom stereocenters. The molecule has 0 fully saturated rings. The monoisotopic (exact) mass is 364 g/mol. The summed E-state index contributed by atoms with van der Waals surface area (Å²) in [5.74, 6) is -2.40. The summed E-state index contributed by atoms with van der Waals surface area (Å²) in [6.07, 6.45) is -1.64. The summed E-state index contributed by atoms with van der Waals surface area (Å²) in [4.78, 5) is 0. The van der Waals surface area contributed by atoms with Gasteiger partial charge in [-0.2, -0.15) is 0 Å². The molecule has 0 spiro atoms. The lowest BCUT2D eigenvalue weighted by atomic mass is 10.0. The minimum absolute atomic E-state index is 0.163. The van der Waals surface area contributed by atoms with Crippen molar-refractivity contribution in [2.75, 3.05) is 0 Å². The van der Waals surface area contributed by atoms with Gasteiger partial charge in [-0.3, -0.25) is 0 Å². The predicted octanol–water partition coefficient (Wildman–Crippen LogP) is 4.80. The topological polar surface area (TPSA) is 20.2 Å². The third kappa shape index (κ3) is 3.16. The second-order valence-electron chi connectivity index (χ2n) is 4.22. The van der Waals surface area contributed by atoms with Gasteiger partial charge >= 0.3 is 0 Å². The lowest BCUT2D eigenvalue weighted by Gasteiger charge is -2.14. The quantitative estimate of drug-likeness (QED) is 0.829. The Hall–Kier alpha value is -1.04. The molecular formula is C14H9BrClF3O. The van der Waals surface area contributed by atoms with Gasteiger partial charge in [-0.25, -0.2) is 13.2 Å². The van der Waals surface area contributed by atoms with E-state index in [-0.39, 0.29) is 21.5 Å². The van der Waals surface area contributed by atoms with Crippen LogP contribution in [-0.4, -0.2) is 5.11 Å². The van der Waals surface area contributed by atoms with Gasteiger partial charge in [-0.1, -0.05) is 39.7 Å².